The number of rotatable bonds is 7. The molecule has 0 spiro atoms. The summed E-state index contributed by atoms with van der Waals surface area (Å²) in [6.07, 6.45) is 2.17. The van der Waals surface area contributed by atoms with Crippen LogP contribution in [-0.4, -0.2) is 26.1 Å². The third-order valence-electron chi connectivity index (χ3n) is 4.77. The van der Waals surface area contributed by atoms with Crippen LogP contribution in [0.15, 0.2) is 71.1 Å². The lowest BCUT2D eigenvalue weighted by molar-refractivity contribution is 0.0992. The summed E-state index contributed by atoms with van der Waals surface area (Å²) in [4.78, 5) is 12.6. The molecule has 1 N–H and O–H groups in total. The van der Waals surface area contributed by atoms with Gasteiger partial charge >= 0.3 is 0 Å². The number of tetrazole rings is 1. The average molecular weight is 401 g/mol. The Kier molecular flexibility index (Phi) is 4.72. The lowest BCUT2D eigenvalue weighted by atomic mass is 10.2. The van der Waals surface area contributed by atoms with E-state index in [0.29, 0.717) is 23.3 Å². The first kappa shape index (κ1) is 18.1. The maximum absolute atomic E-state index is 12.6. The normalized spacial score (nSPS) is 13.2. The second-order valence-electron chi connectivity index (χ2n) is 7.08. The highest BCUT2D eigenvalue weighted by Gasteiger charge is 2.28. The lowest BCUT2D eigenvalue weighted by Gasteiger charge is -2.07. The van der Waals surface area contributed by atoms with Crippen LogP contribution in [0, 0.1) is 0 Å². The quantitative estimate of drug-likeness (QED) is 0.501. The van der Waals surface area contributed by atoms with Gasteiger partial charge in [-0.05, 0) is 59.7 Å². The zero-order valence-corrected chi connectivity index (χ0v) is 16.1. The van der Waals surface area contributed by atoms with Crippen molar-refractivity contribution >= 4 is 11.6 Å². The van der Waals surface area contributed by atoms with E-state index < -0.39 is 0 Å². The van der Waals surface area contributed by atoms with Gasteiger partial charge in [0, 0.05) is 11.3 Å². The van der Waals surface area contributed by atoms with Gasteiger partial charge < -0.3 is 14.5 Å². The number of nitrogens with zero attached hydrogens (tertiary/aromatic N) is 4. The number of aromatic nitrogens is 4. The standard InChI is InChI=1S/C22H19N5O3/c28-22(20-12-11-19(30-20)14-29-18-7-2-1-3-8-18)23-16-6-4-5-15(13-16)21-24-25-26-27(21)17-9-10-17/h1-8,11-13,17H,9-10,14H2,(H,23,28). The minimum absolute atomic E-state index is 0.217. The van der Waals surface area contributed by atoms with Crippen molar-refractivity contribution < 1.29 is 13.9 Å². The molecule has 8 heteroatoms. The van der Waals surface area contributed by atoms with E-state index in [4.69, 9.17) is 9.15 Å². The number of furan rings is 1. The highest BCUT2D eigenvalue weighted by Crippen LogP contribution is 2.36. The zero-order chi connectivity index (χ0) is 20.3. The van der Waals surface area contributed by atoms with Crippen molar-refractivity contribution in [3.8, 4) is 17.1 Å². The molecule has 1 aliphatic carbocycles. The molecule has 2 aromatic heterocycles. The number of hydrogen-bond donors (Lipinski definition) is 1. The zero-order valence-electron chi connectivity index (χ0n) is 16.1. The van der Waals surface area contributed by atoms with Crippen molar-refractivity contribution in [2.24, 2.45) is 0 Å². The first-order valence-electron chi connectivity index (χ1n) is 9.72. The van der Waals surface area contributed by atoms with E-state index in [1.54, 1.807) is 12.1 Å². The Morgan fingerprint density at radius 2 is 1.97 bits per heavy atom. The van der Waals surface area contributed by atoms with Crippen molar-refractivity contribution in [3.05, 3.63) is 78.3 Å². The Bertz CT molecular complexity index is 1160. The predicted octanol–water partition coefficient (Wildman–Crippen LogP) is 4.10. The molecule has 150 valence electrons. The molecule has 0 aliphatic heterocycles. The van der Waals surface area contributed by atoms with Gasteiger partial charge in [0.1, 0.15) is 18.1 Å². The predicted molar refractivity (Wildman–Crippen MR) is 109 cm³/mol. The minimum atomic E-state index is -0.333. The van der Waals surface area contributed by atoms with Crippen LogP contribution in [-0.2, 0) is 6.61 Å². The van der Waals surface area contributed by atoms with Crippen molar-refractivity contribution in [3.63, 3.8) is 0 Å². The molecular weight excluding hydrogens is 382 g/mol. The molecule has 2 aromatic carbocycles. The van der Waals surface area contributed by atoms with Crippen molar-refractivity contribution in [2.75, 3.05) is 5.32 Å². The summed E-state index contributed by atoms with van der Waals surface area (Å²) < 4.78 is 13.1. The number of benzene rings is 2. The van der Waals surface area contributed by atoms with Gasteiger partial charge in [-0.15, -0.1) is 5.10 Å². The fourth-order valence-corrected chi connectivity index (χ4v) is 3.13. The molecular formula is C22H19N5O3. The largest absolute Gasteiger partial charge is 0.486 e. The summed E-state index contributed by atoms with van der Waals surface area (Å²) in [7, 11) is 0. The van der Waals surface area contributed by atoms with Crippen LogP contribution in [0.4, 0.5) is 5.69 Å². The second-order valence-corrected chi connectivity index (χ2v) is 7.08. The molecule has 30 heavy (non-hydrogen) atoms. The molecule has 1 aliphatic rings. The van der Waals surface area contributed by atoms with Gasteiger partial charge in [-0.1, -0.05) is 30.3 Å². The molecule has 0 bridgehead atoms. The van der Waals surface area contributed by atoms with Crippen molar-refractivity contribution in [2.45, 2.75) is 25.5 Å². The summed E-state index contributed by atoms with van der Waals surface area (Å²) in [6.45, 7) is 0.247. The fraction of sp³-hybridized carbons (Fsp3) is 0.182. The van der Waals surface area contributed by atoms with Gasteiger partial charge in [0.05, 0.1) is 6.04 Å². The molecule has 8 nitrogen and oxygen atoms in total. The van der Waals surface area contributed by atoms with E-state index >= 15 is 0 Å². The molecule has 1 amide bonds. The van der Waals surface area contributed by atoms with Crippen LogP contribution >= 0.6 is 0 Å². The molecule has 0 atom stereocenters. The summed E-state index contributed by atoms with van der Waals surface area (Å²) >= 11 is 0. The summed E-state index contributed by atoms with van der Waals surface area (Å²) in [5, 5.41) is 14.9. The lowest BCUT2D eigenvalue weighted by Crippen LogP contribution is -2.11. The smallest absolute Gasteiger partial charge is 0.291 e. The van der Waals surface area contributed by atoms with Gasteiger partial charge in [-0.25, -0.2) is 4.68 Å². The van der Waals surface area contributed by atoms with Crippen molar-refractivity contribution in [1.82, 2.24) is 20.2 Å². The Hall–Kier alpha value is -3.94. The Balaban J connectivity index is 1.26. The summed E-state index contributed by atoms with van der Waals surface area (Å²) in [6, 6.07) is 20.6. The van der Waals surface area contributed by atoms with Crippen LogP contribution in [0.5, 0.6) is 5.75 Å². The second kappa shape index (κ2) is 7.82. The van der Waals surface area contributed by atoms with Crippen LogP contribution in [0.25, 0.3) is 11.4 Å². The van der Waals surface area contributed by atoms with E-state index in [0.717, 1.165) is 24.2 Å². The Labute approximate surface area is 172 Å². The van der Waals surface area contributed by atoms with Gasteiger partial charge in [-0.2, -0.15) is 0 Å². The highest BCUT2D eigenvalue weighted by molar-refractivity contribution is 6.02. The molecule has 0 radical (unpaired) electrons. The van der Waals surface area contributed by atoms with Crippen molar-refractivity contribution in [1.29, 1.82) is 0 Å². The number of ether oxygens (including phenoxy) is 1. The van der Waals surface area contributed by atoms with Gasteiger partial charge in [-0.3, -0.25) is 4.79 Å². The van der Waals surface area contributed by atoms with Crippen LogP contribution in [0.2, 0.25) is 0 Å². The van der Waals surface area contributed by atoms with Crippen LogP contribution in [0.3, 0.4) is 0 Å². The Morgan fingerprint density at radius 1 is 1.10 bits per heavy atom. The molecule has 1 saturated carbocycles. The number of anilines is 1. The number of hydrogen-bond acceptors (Lipinski definition) is 6. The topological polar surface area (TPSA) is 95.1 Å². The summed E-state index contributed by atoms with van der Waals surface area (Å²) in [5.41, 5.74) is 1.49. The van der Waals surface area contributed by atoms with Crippen LogP contribution < -0.4 is 10.1 Å². The highest BCUT2D eigenvalue weighted by atomic mass is 16.5. The SMILES string of the molecule is O=C(Nc1cccc(-c2nnnn2C2CC2)c1)c1ccc(COc2ccccc2)o1. The third kappa shape index (κ3) is 3.93. The molecule has 1 fully saturated rings. The number of carbonyl (C=O) groups excluding carboxylic acids is 1. The average Bonchev–Trinajstić information content (AvgIpc) is 3.31. The van der Waals surface area contributed by atoms with E-state index in [2.05, 4.69) is 20.8 Å². The van der Waals surface area contributed by atoms with Gasteiger partial charge in [0.25, 0.3) is 5.91 Å². The number of nitrogens with one attached hydrogen (secondary N) is 1. The van der Waals surface area contributed by atoms with E-state index in [-0.39, 0.29) is 18.3 Å². The fourth-order valence-electron chi connectivity index (χ4n) is 3.13. The maximum atomic E-state index is 12.6. The molecule has 4 aromatic rings. The summed E-state index contributed by atoms with van der Waals surface area (Å²) in [5.74, 6) is 1.90. The molecule has 2 heterocycles. The Morgan fingerprint density at radius 3 is 2.80 bits per heavy atom. The molecule has 0 unspecified atom stereocenters. The first-order valence-corrected chi connectivity index (χ1v) is 9.72. The number of amides is 1. The van der Waals surface area contributed by atoms with E-state index in [1.165, 1.54) is 0 Å². The molecule has 0 saturated heterocycles. The third-order valence-corrected chi connectivity index (χ3v) is 4.77. The van der Waals surface area contributed by atoms with E-state index in [9.17, 15) is 4.79 Å². The monoisotopic (exact) mass is 401 g/mol. The van der Waals surface area contributed by atoms with Gasteiger partial charge in [0.2, 0.25) is 0 Å². The number of para-hydroxylation sites is 1. The maximum Gasteiger partial charge on any atom is 0.291 e. The molecule has 5 rings (SSSR count). The number of carbonyl (C=O) groups is 1. The minimum Gasteiger partial charge on any atom is -0.486 e. The van der Waals surface area contributed by atoms with Crippen LogP contribution in [0.1, 0.15) is 35.2 Å². The van der Waals surface area contributed by atoms with E-state index in [1.807, 2.05) is 59.3 Å². The first-order chi connectivity index (χ1) is 14.8. The van der Waals surface area contributed by atoms with Gasteiger partial charge in [0.15, 0.2) is 11.6 Å².